The fourth-order valence-electron chi connectivity index (χ4n) is 2.97. The van der Waals surface area contributed by atoms with Crippen LogP contribution in [0.15, 0.2) is 0 Å². The van der Waals surface area contributed by atoms with Gasteiger partial charge in [0.25, 0.3) is 0 Å². The summed E-state index contributed by atoms with van der Waals surface area (Å²) in [6.45, 7) is 4.34. The number of benzene rings is 1. The molecule has 0 aliphatic carbocycles. The van der Waals surface area contributed by atoms with Crippen LogP contribution in [0.2, 0.25) is 20.1 Å². The van der Waals surface area contributed by atoms with Gasteiger partial charge >= 0.3 is 0 Å². The molecule has 162 valence electrons. The van der Waals surface area contributed by atoms with Gasteiger partial charge in [-0.25, -0.2) is 0 Å². The van der Waals surface area contributed by atoms with Crippen molar-refractivity contribution in [1.82, 2.24) is 20.4 Å². The van der Waals surface area contributed by atoms with E-state index in [4.69, 9.17) is 46.4 Å². The molecule has 0 fully saturated rings. The zero-order valence-corrected chi connectivity index (χ0v) is 21.4. The van der Waals surface area contributed by atoms with Crippen LogP contribution in [0.1, 0.15) is 62.4 Å². The van der Waals surface area contributed by atoms with E-state index in [0.29, 0.717) is 41.2 Å². The largest absolute Gasteiger partial charge is 0.150 e. The highest BCUT2D eigenvalue weighted by atomic mass is 35.5. The Morgan fingerprint density at radius 3 is 1.27 bits per heavy atom. The molecule has 0 aliphatic rings. The minimum atomic E-state index is 0.306. The molecule has 0 atom stereocenters. The van der Waals surface area contributed by atoms with Gasteiger partial charge < -0.3 is 0 Å². The SMILES string of the molecule is CCCCCc1nnc(-c2c(Cl)c(Cl)c(-c3nnc(CCCCC)s3)c(Cl)c2Cl)s1. The standard InChI is InChI=1S/C20H22Cl4N4S2/c1-3-5-7-9-11-25-27-19(29-11)13-15(21)17(23)14(18(24)16(13)22)20-28-26-12(30-20)10-8-6-4-2/h3-10H2,1-2H3. The maximum atomic E-state index is 6.63. The monoisotopic (exact) mass is 522 g/mol. The van der Waals surface area contributed by atoms with Gasteiger partial charge in [-0.15, -0.1) is 20.4 Å². The van der Waals surface area contributed by atoms with E-state index in [1.165, 1.54) is 22.7 Å². The molecule has 0 N–H and O–H groups in total. The summed E-state index contributed by atoms with van der Waals surface area (Å²) in [6.07, 6.45) is 8.53. The van der Waals surface area contributed by atoms with Gasteiger partial charge in [-0.2, -0.15) is 0 Å². The van der Waals surface area contributed by atoms with Gasteiger partial charge in [0, 0.05) is 12.8 Å². The van der Waals surface area contributed by atoms with Gasteiger partial charge in [0.2, 0.25) is 0 Å². The highest BCUT2D eigenvalue weighted by molar-refractivity contribution is 7.15. The Kier molecular flexibility index (Phi) is 9.17. The second-order valence-electron chi connectivity index (χ2n) is 6.92. The molecule has 2 aromatic heterocycles. The van der Waals surface area contributed by atoms with Crippen molar-refractivity contribution in [3.05, 3.63) is 30.1 Å². The molecule has 3 aromatic rings. The number of unbranched alkanes of at least 4 members (excludes halogenated alkanes) is 4. The van der Waals surface area contributed by atoms with Crippen LogP contribution in [0.5, 0.6) is 0 Å². The molecule has 2 heterocycles. The molecule has 1 aromatic carbocycles. The molecule has 30 heavy (non-hydrogen) atoms. The summed E-state index contributed by atoms with van der Waals surface area (Å²) in [6, 6.07) is 0. The first-order valence-corrected chi connectivity index (χ1v) is 13.1. The van der Waals surface area contributed by atoms with Gasteiger partial charge in [-0.1, -0.05) is 109 Å². The number of nitrogens with zero attached hydrogens (tertiary/aromatic N) is 4. The summed E-state index contributed by atoms with van der Waals surface area (Å²) in [5.41, 5.74) is 1.04. The number of halogens is 4. The van der Waals surface area contributed by atoms with Crippen LogP contribution < -0.4 is 0 Å². The Labute approximate surface area is 205 Å². The van der Waals surface area contributed by atoms with Crippen molar-refractivity contribution < 1.29 is 0 Å². The fourth-order valence-corrected chi connectivity index (χ4v) is 6.28. The lowest BCUT2D eigenvalue weighted by Gasteiger charge is -2.12. The van der Waals surface area contributed by atoms with Crippen molar-refractivity contribution >= 4 is 69.1 Å². The molecule has 0 amide bonds. The molecule has 0 radical (unpaired) electrons. The first-order valence-electron chi connectivity index (χ1n) is 9.99. The van der Waals surface area contributed by atoms with Gasteiger partial charge in [-0.05, 0) is 12.8 Å². The van der Waals surface area contributed by atoms with Crippen molar-refractivity contribution in [2.75, 3.05) is 0 Å². The predicted molar refractivity (Wildman–Crippen MR) is 131 cm³/mol. The van der Waals surface area contributed by atoms with Gasteiger partial charge in [0.15, 0.2) is 10.0 Å². The molecule has 0 aliphatic heterocycles. The van der Waals surface area contributed by atoms with Crippen LogP contribution >= 0.6 is 69.1 Å². The molecule has 0 saturated heterocycles. The second-order valence-corrected chi connectivity index (χ2v) is 10.6. The normalized spacial score (nSPS) is 11.4. The number of aromatic nitrogens is 4. The third kappa shape index (κ3) is 5.45. The van der Waals surface area contributed by atoms with E-state index in [-0.39, 0.29) is 0 Å². The maximum absolute atomic E-state index is 6.63. The Bertz CT molecular complexity index is 895. The summed E-state index contributed by atoms with van der Waals surface area (Å²) >= 11 is 29.4. The van der Waals surface area contributed by atoms with E-state index in [9.17, 15) is 0 Å². The van der Waals surface area contributed by atoms with Crippen LogP contribution in [0, 0.1) is 0 Å². The Morgan fingerprint density at radius 1 is 0.567 bits per heavy atom. The first-order chi connectivity index (χ1) is 14.5. The minimum absolute atomic E-state index is 0.306. The topological polar surface area (TPSA) is 51.6 Å². The lowest BCUT2D eigenvalue weighted by Crippen LogP contribution is -1.90. The lowest BCUT2D eigenvalue weighted by molar-refractivity contribution is 0.710. The zero-order valence-electron chi connectivity index (χ0n) is 16.8. The van der Waals surface area contributed by atoms with Gasteiger partial charge in [0.05, 0.1) is 31.2 Å². The predicted octanol–water partition coefficient (Wildman–Crippen LogP) is 8.80. The van der Waals surface area contributed by atoms with Crippen LogP contribution in [-0.4, -0.2) is 20.4 Å². The van der Waals surface area contributed by atoms with Crippen molar-refractivity contribution in [3.8, 4) is 21.1 Å². The van der Waals surface area contributed by atoms with Gasteiger partial charge in [-0.3, -0.25) is 0 Å². The minimum Gasteiger partial charge on any atom is -0.143 e. The molecule has 0 saturated carbocycles. The summed E-state index contributed by atoms with van der Waals surface area (Å²) < 4.78 is 0. The smallest absolute Gasteiger partial charge is 0.143 e. The van der Waals surface area contributed by atoms with E-state index < -0.39 is 0 Å². The van der Waals surface area contributed by atoms with Crippen molar-refractivity contribution in [1.29, 1.82) is 0 Å². The fraction of sp³-hybridized carbons (Fsp3) is 0.500. The van der Waals surface area contributed by atoms with E-state index in [1.807, 2.05) is 0 Å². The average Bonchev–Trinajstić information content (AvgIpc) is 3.38. The van der Waals surface area contributed by atoms with E-state index >= 15 is 0 Å². The molecule has 0 spiro atoms. The number of hydrogen-bond acceptors (Lipinski definition) is 6. The van der Waals surface area contributed by atoms with E-state index in [1.54, 1.807) is 0 Å². The first kappa shape index (κ1) is 24.1. The van der Waals surface area contributed by atoms with E-state index in [0.717, 1.165) is 61.4 Å². The van der Waals surface area contributed by atoms with Crippen LogP contribution in [0.3, 0.4) is 0 Å². The van der Waals surface area contributed by atoms with Crippen molar-refractivity contribution in [2.45, 2.75) is 65.2 Å². The third-order valence-corrected chi connectivity index (χ3v) is 8.32. The molecule has 0 bridgehead atoms. The lowest BCUT2D eigenvalue weighted by atomic mass is 10.1. The van der Waals surface area contributed by atoms with Crippen LogP contribution in [-0.2, 0) is 12.8 Å². The Hall–Kier alpha value is -0.500. The highest BCUT2D eigenvalue weighted by Crippen LogP contribution is 2.50. The van der Waals surface area contributed by atoms with Crippen molar-refractivity contribution in [2.24, 2.45) is 0 Å². The average molecular weight is 524 g/mol. The molecule has 0 unspecified atom stereocenters. The summed E-state index contributed by atoms with van der Waals surface area (Å²) in [7, 11) is 0. The van der Waals surface area contributed by atoms with Crippen molar-refractivity contribution in [3.63, 3.8) is 0 Å². The van der Waals surface area contributed by atoms with Crippen LogP contribution in [0.4, 0.5) is 0 Å². The Balaban J connectivity index is 1.93. The molecule has 3 rings (SSSR count). The number of aryl methyl sites for hydroxylation is 2. The summed E-state index contributed by atoms with van der Waals surface area (Å²) in [5.74, 6) is 0. The third-order valence-electron chi connectivity index (χ3n) is 4.61. The van der Waals surface area contributed by atoms with Crippen LogP contribution in [0.25, 0.3) is 21.1 Å². The highest BCUT2D eigenvalue weighted by Gasteiger charge is 2.26. The molecule has 4 nitrogen and oxygen atoms in total. The zero-order chi connectivity index (χ0) is 21.7. The molecule has 10 heteroatoms. The van der Waals surface area contributed by atoms with E-state index in [2.05, 4.69) is 34.2 Å². The summed E-state index contributed by atoms with van der Waals surface area (Å²) in [4.78, 5) is 0. The number of rotatable bonds is 10. The maximum Gasteiger partial charge on any atom is 0.150 e. The Morgan fingerprint density at radius 2 is 0.933 bits per heavy atom. The molecular formula is C20H22Cl4N4S2. The van der Waals surface area contributed by atoms with Gasteiger partial charge in [0.1, 0.15) is 10.0 Å². The second kappa shape index (κ2) is 11.4. The molecular weight excluding hydrogens is 502 g/mol. The summed E-state index contributed by atoms with van der Waals surface area (Å²) in [5, 5.41) is 21.4. The quantitative estimate of drug-likeness (QED) is 0.197. The number of hydrogen-bond donors (Lipinski definition) is 0.